The lowest BCUT2D eigenvalue weighted by Gasteiger charge is -2.32. The van der Waals surface area contributed by atoms with Crippen molar-refractivity contribution in [1.82, 2.24) is 15.1 Å². The quantitative estimate of drug-likeness (QED) is 0.326. The van der Waals surface area contributed by atoms with E-state index in [0.717, 1.165) is 4.90 Å². The fraction of sp³-hybridized carbons (Fsp3) is 0.227. The molecule has 9 heteroatoms. The predicted molar refractivity (Wildman–Crippen MR) is 109 cm³/mol. The molecule has 0 radical (unpaired) electrons. The minimum atomic E-state index is -1.04. The van der Waals surface area contributed by atoms with Gasteiger partial charge in [0.05, 0.1) is 5.56 Å². The van der Waals surface area contributed by atoms with Crippen LogP contribution in [0.5, 0.6) is 5.75 Å². The summed E-state index contributed by atoms with van der Waals surface area (Å²) >= 11 is 0. The number of likely N-dealkylation sites (N-methyl/N-ethyl adjacent to an activating group) is 1. The molecule has 1 saturated heterocycles. The van der Waals surface area contributed by atoms with E-state index >= 15 is 0 Å². The Morgan fingerprint density at radius 3 is 2.32 bits per heavy atom. The molecule has 1 aliphatic heterocycles. The van der Waals surface area contributed by atoms with Crippen LogP contribution in [0, 0.1) is 0 Å². The first-order chi connectivity index (χ1) is 14.9. The molecule has 0 aliphatic carbocycles. The Balaban J connectivity index is 1.64. The molecular formula is C22H21N3O6. The van der Waals surface area contributed by atoms with E-state index in [1.54, 1.807) is 37.3 Å². The third-order valence-corrected chi connectivity index (χ3v) is 4.81. The highest BCUT2D eigenvalue weighted by Gasteiger charge is 2.36. The van der Waals surface area contributed by atoms with Crippen molar-refractivity contribution in [3.05, 3.63) is 65.7 Å². The Bertz CT molecular complexity index is 990. The Morgan fingerprint density at radius 2 is 1.71 bits per heavy atom. The van der Waals surface area contributed by atoms with E-state index in [9.17, 15) is 24.0 Å². The Morgan fingerprint density at radius 1 is 1.03 bits per heavy atom. The summed E-state index contributed by atoms with van der Waals surface area (Å²) in [7, 11) is 0. The number of nitrogens with zero attached hydrogens (tertiary/aromatic N) is 2. The van der Waals surface area contributed by atoms with Crippen molar-refractivity contribution >= 4 is 30.1 Å². The molecule has 1 heterocycles. The number of esters is 1. The van der Waals surface area contributed by atoms with Gasteiger partial charge in [0, 0.05) is 19.6 Å². The minimum Gasteiger partial charge on any atom is -0.423 e. The summed E-state index contributed by atoms with van der Waals surface area (Å²) in [6.07, 6.45) is 0.511. The number of urea groups is 1. The average molecular weight is 423 g/mol. The van der Waals surface area contributed by atoms with Crippen LogP contribution in [-0.4, -0.2) is 59.5 Å². The van der Waals surface area contributed by atoms with Crippen molar-refractivity contribution in [1.29, 1.82) is 0 Å². The number of amides is 4. The fourth-order valence-electron chi connectivity index (χ4n) is 3.06. The number of hydrogen-bond acceptors (Lipinski definition) is 6. The molecular weight excluding hydrogens is 402 g/mol. The van der Waals surface area contributed by atoms with E-state index in [2.05, 4.69) is 5.32 Å². The number of rotatable bonds is 6. The third kappa shape index (κ3) is 4.95. The van der Waals surface area contributed by atoms with Crippen molar-refractivity contribution in [3.8, 4) is 5.75 Å². The molecule has 160 valence electrons. The molecule has 4 amide bonds. The molecule has 31 heavy (non-hydrogen) atoms. The second kappa shape index (κ2) is 9.66. The zero-order chi connectivity index (χ0) is 22.4. The highest BCUT2D eigenvalue weighted by atomic mass is 16.5. The van der Waals surface area contributed by atoms with E-state index < -0.39 is 29.9 Å². The number of nitrogens with one attached hydrogen (secondary N) is 1. The number of benzene rings is 2. The first-order valence-electron chi connectivity index (χ1n) is 9.68. The number of ether oxygens (including phenoxy) is 1. The Kier molecular flexibility index (Phi) is 6.76. The third-order valence-electron chi connectivity index (χ3n) is 4.81. The van der Waals surface area contributed by atoms with Crippen LogP contribution in [0.4, 0.5) is 4.79 Å². The van der Waals surface area contributed by atoms with E-state index in [-0.39, 0.29) is 18.8 Å². The van der Waals surface area contributed by atoms with Gasteiger partial charge in [0.2, 0.25) is 0 Å². The number of carbonyl (C=O) groups excluding carboxylic acids is 5. The van der Waals surface area contributed by atoms with Crippen LogP contribution in [0.1, 0.15) is 28.9 Å². The molecule has 9 nitrogen and oxygen atoms in total. The van der Waals surface area contributed by atoms with Gasteiger partial charge in [-0.25, -0.2) is 9.59 Å². The summed E-state index contributed by atoms with van der Waals surface area (Å²) in [5, 5.41) is 2.44. The van der Waals surface area contributed by atoms with Crippen LogP contribution >= 0.6 is 0 Å². The second-order valence-corrected chi connectivity index (χ2v) is 6.73. The number of imide groups is 1. The van der Waals surface area contributed by atoms with Gasteiger partial charge in [-0.1, -0.05) is 30.3 Å². The lowest BCUT2D eigenvalue weighted by atomic mass is 10.1. The zero-order valence-corrected chi connectivity index (χ0v) is 16.8. The summed E-state index contributed by atoms with van der Waals surface area (Å²) in [4.78, 5) is 62.4. The normalized spacial score (nSPS) is 14.7. The van der Waals surface area contributed by atoms with Crippen molar-refractivity contribution in [2.45, 2.75) is 13.0 Å². The molecule has 1 atom stereocenters. The number of aldehydes is 1. The van der Waals surface area contributed by atoms with Crippen LogP contribution < -0.4 is 10.1 Å². The molecule has 1 fully saturated rings. The first-order valence-corrected chi connectivity index (χ1v) is 9.68. The van der Waals surface area contributed by atoms with Gasteiger partial charge in [0.1, 0.15) is 18.1 Å². The number of piperazine rings is 1. The second-order valence-electron chi connectivity index (χ2n) is 6.73. The highest BCUT2D eigenvalue weighted by molar-refractivity contribution is 6.38. The van der Waals surface area contributed by atoms with Gasteiger partial charge in [-0.05, 0) is 36.8 Å². The molecule has 0 aromatic heterocycles. The Labute approximate surface area is 178 Å². The van der Waals surface area contributed by atoms with E-state index in [4.69, 9.17) is 4.74 Å². The van der Waals surface area contributed by atoms with E-state index in [1.165, 1.54) is 29.2 Å². The molecule has 0 saturated carbocycles. The van der Waals surface area contributed by atoms with Crippen molar-refractivity contribution in [2.24, 2.45) is 0 Å². The van der Waals surface area contributed by atoms with Gasteiger partial charge < -0.3 is 19.7 Å². The average Bonchev–Trinajstić information content (AvgIpc) is 2.80. The van der Waals surface area contributed by atoms with Gasteiger partial charge in [0.15, 0.2) is 0 Å². The van der Waals surface area contributed by atoms with Gasteiger partial charge in [-0.15, -0.1) is 0 Å². The molecule has 0 bridgehead atoms. The van der Waals surface area contributed by atoms with Gasteiger partial charge in [-0.2, -0.15) is 0 Å². The molecule has 2 aromatic carbocycles. The predicted octanol–water partition coefficient (Wildman–Crippen LogP) is 1.55. The van der Waals surface area contributed by atoms with Crippen molar-refractivity contribution in [2.75, 3.05) is 19.6 Å². The van der Waals surface area contributed by atoms with E-state index in [0.29, 0.717) is 24.0 Å². The smallest absolute Gasteiger partial charge is 0.343 e. The van der Waals surface area contributed by atoms with Crippen LogP contribution in [0.2, 0.25) is 0 Å². The van der Waals surface area contributed by atoms with Gasteiger partial charge in [0.25, 0.3) is 0 Å². The topological polar surface area (TPSA) is 113 Å². The first kappa shape index (κ1) is 21.7. The van der Waals surface area contributed by atoms with E-state index in [1.807, 2.05) is 0 Å². The van der Waals surface area contributed by atoms with Crippen LogP contribution in [-0.2, 0) is 14.4 Å². The maximum absolute atomic E-state index is 12.5. The molecule has 3 rings (SSSR count). The summed E-state index contributed by atoms with van der Waals surface area (Å²) in [6.45, 7) is 2.40. The summed E-state index contributed by atoms with van der Waals surface area (Å²) in [5.74, 6) is -1.94. The van der Waals surface area contributed by atoms with Crippen LogP contribution in [0.15, 0.2) is 54.6 Å². The highest BCUT2D eigenvalue weighted by Crippen LogP contribution is 2.19. The van der Waals surface area contributed by atoms with Gasteiger partial charge >= 0.3 is 23.8 Å². The molecule has 0 spiro atoms. The summed E-state index contributed by atoms with van der Waals surface area (Å²) in [6, 6.07) is 12.6. The summed E-state index contributed by atoms with van der Waals surface area (Å²) < 4.78 is 5.28. The lowest BCUT2D eigenvalue weighted by molar-refractivity contribution is -0.153. The molecule has 1 N–H and O–H groups in total. The SMILES string of the molecule is CCN1CCN(C(=O)NC(C=O)c2ccc(OC(=O)c3ccccc3)cc2)C(=O)C1=O. The maximum Gasteiger partial charge on any atom is 0.343 e. The van der Waals surface area contributed by atoms with Crippen molar-refractivity contribution < 1.29 is 28.7 Å². The molecule has 1 aliphatic rings. The molecule has 1 unspecified atom stereocenters. The standard InChI is InChI=1S/C22H21N3O6/c1-2-24-12-13-25(20(28)19(24)27)22(30)23-18(14-26)15-8-10-17(11-9-15)31-21(29)16-6-4-3-5-7-16/h3-11,14,18H,2,12-13H2,1H3,(H,23,30). The van der Waals surface area contributed by atoms with Crippen LogP contribution in [0.3, 0.4) is 0 Å². The number of carbonyl (C=O) groups is 5. The number of hydrogen-bond donors (Lipinski definition) is 1. The van der Waals surface area contributed by atoms with Crippen LogP contribution in [0.25, 0.3) is 0 Å². The largest absolute Gasteiger partial charge is 0.423 e. The van der Waals surface area contributed by atoms with Crippen molar-refractivity contribution in [3.63, 3.8) is 0 Å². The fourth-order valence-corrected chi connectivity index (χ4v) is 3.06. The lowest BCUT2D eigenvalue weighted by Crippen LogP contribution is -2.58. The summed E-state index contributed by atoms with van der Waals surface area (Å²) in [5.41, 5.74) is 0.820. The zero-order valence-electron chi connectivity index (χ0n) is 16.8. The minimum absolute atomic E-state index is 0.0458. The Hall–Kier alpha value is -4.01. The maximum atomic E-state index is 12.5. The molecule has 2 aromatic rings. The van der Waals surface area contributed by atoms with Gasteiger partial charge in [-0.3, -0.25) is 14.5 Å². The monoisotopic (exact) mass is 423 g/mol.